The number of carbonyl (C=O) groups excluding carboxylic acids is 1. The molecule has 0 radical (unpaired) electrons. The number of rotatable bonds is 6. The Labute approximate surface area is 192 Å². The van der Waals surface area contributed by atoms with Gasteiger partial charge in [0, 0.05) is 30.0 Å². The van der Waals surface area contributed by atoms with Gasteiger partial charge in [0.05, 0.1) is 17.7 Å². The van der Waals surface area contributed by atoms with Crippen LogP contribution in [0.3, 0.4) is 0 Å². The summed E-state index contributed by atoms with van der Waals surface area (Å²) in [5.41, 5.74) is 8.74. The van der Waals surface area contributed by atoms with Crippen LogP contribution in [-0.4, -0.2) is 33.9 Å². The first-order valence-corrected chi connectivity index (χ1v) is 11.1. The highest BCUT2D eigenvalue weighted by molar-refractivity contribution is 5.97. The third-order valence-corrected chi connectivity index (χ3v) is 6.18. The zero-order valence-electron chi connectivity index (χ0n) is 18.3. The van der Waals surface area contributed by atoms with Crippen molar-refractivity contribution in [2.45, 2.75) is 44.4 Å². The van der Waals surface area contributed by atoms with Gasteiger partial charge in [0.15, 0.2) is 0 Å². The van der Waals surface area contributed by atoms with Crippen molar-refractivity contribution >= 4 is 28.7 Å². The molecule has 3 aromatic rings. The number of aliphatic hydroxyl groups excluding tert-OH is 1. The van der Waals surface area contributed by atoms with Crippen LogP contribution in [-0.2, 0) is 6.54 Å². The van der Waals surface area contributed by atoms with Crippen molar-refractivity contribution in [3.05, 3.63) is 87.7 Å². The third kappa shape index (κ3) is 4.88. The van der Waals surface area contributed by atoms with Gasteiger partial charge in [-0.15, -0.1) is 0 Å². The SMILES string of the molecule is N=C/C=C(\N)c1ccc(Cn2cc(C(=O)N[C@H]3CCCC[C@@H]3O)c(=O)c3ccccc32)cc1. The summed E-state index contributed by atoms with van der Waals surface area (Å²) in [5.74, 6) is -0.453. The maximum absolute atomic E-state index is 13.1. The number of benzene rings is 2. The van der Waals surface area contributed by atoms with Crippen molar-refractivity contribution in [1.29, 1.82) is 5.41 Å². The molecule has 170 valence electrons. The molecule has 1 fully saturated rings. The first-order chi connectivity index (χ1) is 16.0. The molecule has 5 N–H and O–H groups in total. The number of hydrogen-bond acceptors (Lipinski definition) is 5. The minimum Gasteiger partial charge on any atom is -0.398 e. The predicted octanol–water partition coefficient (Wildman–Crippen LogP) is 3.03. The van der Waals surface area contributed by atoms with Crippen LogP contribution in [0, 0.1) is 5.41 Å². The normalized spacial score (nSPS) is 18.8. The summed E-state index contributed by atoms with van der Waals surface area (Å²) in [6.07, 6.45) is 6.94. The minimum atomic E-state index is -0.585. The summed E-state index contributed by atoms with van der Waals surface area (Å²) in [4.78, 5) is 26.1. The molecule has 1 aliphatic rings. The highest BCUT2D eigenvalue weighted by Gasteiger charge is 2.26. The Hall–Kier alpha value is -3.71. The minimum absolute atomic E-state index is 0.0706. The van der Waals surface area contributed by atoms with Crippen LogP contribution in [0.1, 0.15) is 47.2 Å². The maximum Gasteiger partial charge on any atom is 0.257 e. The van der Waals surface area contributed by atoms with Crippen LogP contribution < -0.4 is 16.5 Å². The van der Waals surface area contributed by atoms with Crippen LogP contribution in [0.25, 0.3) is 16.6 Å². The molecule has 1 amide bonds. The van der Waals surface area contributed by atoms with Crippen LogP contribution in [0.15, 0.2) is 65.6 Å². The monoisotopic (exact) mass is 444 g/mol. The average Bonchev–Trinajstić information content (AvgIpc) is 2.83. The largest absolute Gasteiger partial charge is 0.398 e. The molecule has 4 rings (SSSR count). The van der Waals surface area contributed by atoms with E-state index in [4.69, 9.17) is 11.1 Å². The second-order valence-electron chi connectivity index (χ2n) is 8.43. The fraction of sp³-hybridized carbons (Fsp3) is 0.269. The van der Waals surface area contributed by atoms with Crippen molar-refractivity contribution < 1.29 is 9.90 Å². The molecule has 2 atom stereocenters. The lowest BCUT2D eigenvalue weighted by Gasteiger charge is -2.28. The number of nitrogens with one attached hydrogen (secondary N) is 2. The van der Waals surface area contributed by atoms with Crippen LogP contribution in [0.2, 0.25) is 0 Å². The number of aliphatic hydroxyl groups is 1. The summed E-state index contributed by atoms with van der Waals surface area (Å²) in [7, 11) is 0. The van der Waals surface area contributed by atoms with Gasteiger partial charge in [-0.2, -0.15) is 0 Å². The number of allylic oxidation sites excluding steroid dienone is 1. The predicted molar refractivity (Wildman–Crippen MR) is 130 cm³/mol. The van der Waals surface area contributed by atoms with Crippen molar-refractivity contribution in [1.82, 2.24) is 9.88 Å². The number of carbonyl (C=O) groups is 1. The van der Waals surface area contributed by atoms with Gasteiger partial charge < -0.3 is 26.1 Å². The van der Waals surface area contributed by atoms with Gasteiger partial charge in [0.2, 0.25) is 5.43 Å². The number of fused-ring (bicyclic) bond motifs is 1. The average molecular weight is 445 g/mol. The van der Waals surface area contributed by atoms with E-state index in [1.807, 2.05) is 41.0 Å². The molecule has 0 unspecified atom stereocenters. The Morgan fingerprint density at radius 3 is 2.61 bits per heavy atom. The van der Waals surface area contributed by atoms with Crippen molar-refractivity contribution in [2.24, 2.45) is 5.73 Å². The summed E-state index contributed by atoms with van der Waals surface area (Å²) in [6.45, 7) is 0.460. The van der Waals surface area contributed by atoms with Crippen LogP contribution in [0.5, 0.6) is 0 Å². The van der Waals surface area contributed by atoms with Crippen LogP contribution >= 0.6 is 0 Å². The molecule has 33 heavy (non-hydrogen) atoms. The van der Waals surface area contributed by atoms with Gasteiger partial charge >= 0.3 is 0 Å². The van der Waals surface area contributed by atoms with E-state index in [1.165, 1.54) is 6.08 Å². The molecule has 7 nitrogen and oxygen atoms in total. The van der Waals surface area contributed by atoms with E-state index in [1.54, 1.807) is 18.3 Å². The number of aromatic nitrogens is 1. The van der Waals surface area contributed by atoms with Gasteiger partial charge in [-0.25, -0.2) is 0 Å². The lowest BCUT2D eigenvalue weighted by atomic mass is 9.92. The fourth-order valence-electron chi connectivity index (χ4n) is 4.35. The van der Waals surface area contributed by atoms with Crippen molar-refractivity contribution in [2.75, 3.05) is 0 Å². The van der Waals surface area contributed by atoms with E-state index in [-0.39, 0.29) is 17.0 Å². The van der Waals surface area contributed by atoms with Gasteiger partial charge in [-0.1, -0.05) is 49.2 Å². The molecule has 2 aromatic carbocycles. The molecule has 1 aromatic heterocycles. The third-order valence-electron chi connectivity index (χ3n) is 6.18. The topological polar surface area (TPSA) is 121 Å². The Bertz CT molecular complexity index is 1260. The number of hydrogen-bond donors (Lipinski definition) is 4. The van der Waals surface area contributed by atoms with Crippen molar-refractivity contribution in [3.63, 3.8) is 0 Å². The van der Waals surface area contributed by atoms with Gasteiger partial charge in [-0.05, 0) is 42.2 Å². The molecule has 0 saturated heterocycles. The zero-order chi connectivity index (χ0) is 23.4. The van der Waals surface area contributed by atoms with Gasteiger partial charge in [0.25, 0.3) is 5.91 Å². The Morgan fingerprint density at radius 1 is 1.15 bits per heavy atom. The van der Waals surface area contributed by atoms with E-state index in [9.17, 15) is 14.7 Å². The molecule has 1 saturated carbocycles. The number of para-hydroxylation sites is 1. The molecule has 7 heteroatoms. The molecule has 1 heterocycles. The maximum atomic E-state index is 13.1. The Morgan fingerprint density at radius 2 is 1.88 bits per heavy atom. The first kappa shape index (κ1) is 22.5. The van der Waals surface area contributed by atoms with E-state index in [0.29, 0.717) is 30.5 Å². The summed E-state index contributed by atoms with van der Waals surface area (Å²) >= 11 is 0. The summed E-state index contributed by atoms with van der Waals surface area (Å²) in [6, 6.07) is 14.5. The Kier molecular flexibility index (Phi) is 6.70. The number of amides is 1. The van der Waals surface area contributed by atoms with Gasteiger partial charge in [0.1, 0.15) is 5.56 Å². The second-order valence-corrected chi connectivity index (χ2v) is 8.43. The number of pyridine rings is 1. The van der Waals surface area contributed by atoms with Crippen LogP contribution in [0.4, 0.5) is 0 Å². The van der Waals surface area contributed by atoms with E-state index in [0.717, 1.165) is 35.7 Å². The quantitative estimate of drug-likeness (QED) is 0.437. The number of nitrogens with two attached hydrogens (primary N) is 1. The van der Waals surface area contributed by atoms with E-state index >= 15 is 0 Å². The smallest absolute Gasteiger partial charge is 0.257 e. The fourth-order valence-corrected chi connectivity index (χ4v) is 4.35. The summed E-state index contributed by atoms with van der Waals surface area (Å²) in [5, 5.41) is 20.7. The van der Waals surface area contributed by atoms with Gasteiger partial charge in [-0.3, -0.25) is 9.59 Å². The van der Waals surface area contributed by atoms with E-state index in [2.05, 4.69) is 5.32 Å². The highest BCUT2D eigenvalue weighted by Crippen LogP contribution is 2.20. The molecular weight excluding hydrogens is 416 g/mol. The highest BCUT2D eigenvalue weighted by atomic mass is 16.3. The molecule has 1 aliphatic carbocycles. The summed E-state index contributed by atoms with van der Waals surface area (Å²) < 4.78 is 1.90. The molecule has 0 spiro atoms. The van der Waals surface area contributed by atoms with Crippen molar-refractivity contribution in [3.8, 4) is 0 Å². The lowest BCUT2D eigenvalue weighted by molar-refractivity contribution is 0.0716. The zero-order valence-corrected chi connectivity index (χ0v) is 18.3. The number of nitrogens with zero attached hydrogens (tertiary/aromatic N) is 1. The second kappa shape index (κ2) is 9.83. The lowest BCUT2D eigenvalue weighted by Crippen LogP contribution is -2.46. The first-order valence-electron chi connectivity index (χ1n) is 11.1. The Balaban J connectivity index is 1.67. The molecule has 0 aliphatic heterocycles. The standard InChI is InChI=1S/C26H28N4O3/c27-14-13-21(28)18-11-9-17(10-12-18)15-30-16-20(25(32)19-5-1-3-7-23(19)30)26(33)29-22-6-2-4-8-24(22)31/h1,3,5,7,9-14,16,22,24,27,31H,2,4,6,8,15,28H2,(H,29,33)/b21-13-,27-14?/t22-,24-/m0/s1. The molecule has 0 bridgehead atoms. The molecular formula is C26H28N4O3. The van der Waals surface area contributed by atoms with E-state index < -0.39 is 12.0 Å².